The molecular formula is C20H17N7O7. The molecule has 0 unspecified atom stereocenters. The van der Waals surface area contributed by atoms with Crippen molar-refractivity contribution >= 4 is 46.6 Å². The number of aromatic amines is 1. The predicted octanol–water partition coefficient (Wildman–Crippen LogP) is -0.496. The zero-order valence-electron chi connectivity index (χ0n) is 17.3. The lowest BCUT2D eigenvalue weighted by Crippen LogP contribution is -2.41. The van der Waals surface area contributed by atoms with Crippen LogP contribution in [0.1, 0.15) is 39.4 Å². The lowest BCUT2D eigenvalue weighted by atomic mass is 10.1. The number of nitrogen functional groups attached to an aromatic ring is 1. The van der Waals surface area contributed by atoms with Gasteiger partial charge < -0.3 is 26.2 Å². The third-order valence-electron chi connectivity index (χ3n) is 5.08. The van der Waals surface area contributed by atoms with Crippen molar-refractivity contribution in [1.29, 1.82) is 0 Å². The number of carbonyl (C=O) groups excluding carboxylic acids is 2. The second kappa shape index (κ2) is 8.57. The Labute approximate surface area is 189 Å². The maximum Gasteiger partial charge on any atom is 0.326 e. The normalized spacial score (nSPS) is 13.5. The van der Waals surface area contributed by atoms with E-state index in [-0.39, 0.29) is 47.0 Å². The van der Waals surface area contributed by atoms with Crippen LogP contribution in [0.5, 0.6) is 0 Å². The van der Waals surface area contributed by atoms with Crippen LogP contribution in [0.25, 0.3) is 11.2 Å². The van der Waals surface area contributed by atoms with Gasteiger partial charge >= 0.3 is 11.9 Å². The van der Waals surface area contributed by atoms with Crippen molar-refractivity contribution in [3.63, 3.8) is 0 Å². The Morgan fingerprint density at radius 2 is 1.82 bits per heavy atom. The summed E-state index contributed by atoms with van der Waals surface area (Å²) < 4.78 is 0. The Hall–Kier alpha value is -4.88. The summed E-state index contributed by atoms with van der Waals surface area (Å²) in [4.78, 5) is 75.2. The lowest BCUT2D eigenvalue weighted by molar-refractivity contribution is -0.140. The molecular weight excluding hydrogens is 450 g/mol. The molecule has 0 bridgehead atoms. The van der Waals surface area contributed by atoms with Crippen LogP contribution in [-0.4, -0.2) is 59.9 Å². The Kier molecular flexibility index (Phi) is 5.63. The first-order valence-corrected chi connectivity index (χ1v) is 9.88. The molecule has 6 N–H and O–H groups in total. The molecule has 0 saturated carbocycles. The molecule has 0 aliphatic carbocycles. The summed E-state index contributed by atoms with van der Waals surface area (Å²) in [6.45, 7) is 0.0305. The number of aliphatic carboxylic acids is 2. The highest BCUT2D eigenvalue weighted by molar-refractivity contribution is 6.09. The third-order valence-corrected chi connectivity index (χ3v) is 5.08. The Bertz CT molecular complexity index is 1400. The van der Waals surface area contributed by atoms with E-state index in [1.54, 1.807) is 0 Å². The van der Waals surface area contributed by atoms with Crippen LogP contribution in [0.2, 0.25) is 0 Å². The number of nitrogens with zero attached hydrogens (tertiary/aromatic N) is 4. The summed E-state index contributed by atoms with van der Waals surface area (Å²) in [5, 5.41) is 20.2. The van der Waals surface area contributed by atoms with E-state index in [2.05, 4.69) is 25.3 Å². The standard InChI is InChI=1S/C20H17N7O7/c21-20-25-15-14(17(31)26-20)22-11-7-27(18(32)13(11)24-15)9-3-1-8(2-4-9)16(30)23-10(19(33)34)5-6-12(28)29/h1-4,10H,5-7H2,(H,23,30)(H,28,29)(H,33,34)(H3,21,24,25,26,31)/t10-/m1/s1. The summed E-state index contributed by atoms with van der Waals surface area (Å²) in [6.07, 6.45) is -0.689. The first-order valence-electron chi connectivity index (χ1n) is 9.88. The molecule has 34 heavy (non-hydrogen) atoms. The highest BCUT2D eigenvalue weighted by Gasteiger charge is 2.32. The third kappa shape index (κ3) is 4.23. The number of amides is 2. The van der Waals surface area contributed by atoms with Gasteiger partial charge in [-0.3, -0.25) is 24.2 Å². The van der Waals surface area contributed by atoms with Crippen molar-refractivity contribution in [3.05, 3.63) is 51.6 Å². The topological polar surface area (TPSA) is 222 Å². The number of H-pyrrole nitrogens is 1. The van der Waals surface area contributed by atoms with Crippen LogP contribution in [0.3, 0.4) is 0 Å². The van der Waals surface area contributed by atoms with Crippen LogP contribution in [0.15, 0.2) is 29.1 Å². The highest BCUT2D eigenvalue weighted by Crippen LogP contribution is 2.27. The molecule has 0 radical (unpaired) electrons. The summed E-state index contributed by atoms with van der Waals surface area (Å²) in [5.74, 6) is -3.88. The molecule has 1 aromatic carbocycles. The number of carboxylic acid groups (broad SMARTS) is 2. The first kappa shape index (κ1) is 22.3. The van der Waals surface area contributed by atoms with Crippen LogP contribution < -0.4 is 21.5 Å². The van der Waals surface area contributed by atoms with Crippen molar-refractivity contribution < 1.29 is 29.4 Å². The fourth-order valence-electron chi connectivity index (χ4n) is 3.41. The summed E-state index contributed by atoms with van der Waals surface area (Å²) in [7, 11) is 0. The van der Waals surface area contributed by atoms with Crippen molar-refractivity contribution in [3.8, 4) is 0 Å². The minimum Gasteiger partial charge on any atom is -0.481 e. The maximum absolute atomic E-state index is 12.9. The number of anilines is 2. The van der Waals surface area contributed by atoms with Gasteiger partial charge in [-0.2, -0.15) is 4.98 Å². The van der Waals surface area contributed by atoms with E-state index in [4.69, 9.17) is 10.8 Å². The van der Waals surface area contributed by atoms with E-state index < -0.39 is 41.8 Å². The van der Waals surface area contributed by atoms with Crippen LogP contribution in [-0.2, 0) is 16.1 Å². The predicted molar refractivity (Wildman–Crippen MR) is 115 cm³/mol. The molecule has 1 aliphatic rings. The number of nitrogens with one attached hydrogen (secondary N) is 2. The van der Waals surface area contributed by atoms with Crippen molar-refractivity contribution in [1.82, 2.24) is 25.3 Å². The summed E-state index contributed by atoms with van der Waals surface area (Å²) in [5.41, 5.74) is 5.65. The molecule has 14 heteroatoms. The van der Waals surface area contributed by atoms with E-state index in [0.29, 0.717) is 5.69 Å². The van der Waals surface area contributed by atoms with Gasteiger partial charge in [0, 0.05) is 17.7 Å². The van der Waals surface area contributed by atoms with Gasteiger partial charge in [0.05, 0.1) is 12.2 Å². The zero-order valence-corrected chi connectivity index (χ0v) is 17.3. The summed E-state index contributed by atoms with van der Waals surface area (Å²) in [6, 6.07) is 4.38. The number of rotatable bonds is 7. The quantitative estimate of drug-likeness (QED) is 0.298. The number of hydrogen-bond donors (Lipinski definition) is 5. The van der Waals surface area contributed by atoms with Crippen LogP contribution in [0, 0.1) is 0 Å². The molecule has 174 valence electrons. The van der Waals surface area contributed by atoms with Gasteiger partial charge in [0.25, 0.3) is 17.4 Å². The van der Waals surface area contributed by atoms with Crippen LogP contribution in [0.4, 0.5) is 11.6 Å². The van der Waals surface area contributed by atoms with Crippen molar-refractivity contribution in [2.45, 2.75) is 25.4 Å². The van der Waals surface area contributed by atoms with Gasteiger partial charge in [0.2, 0.25) is 5.95 Å². The van der Waals surface area contributed by atoms with Crippen LogP contribution >= 0.6 is 0 Å². The van der Waals surface area contributed by atoms with E-state index >= 15 is 0 Å². The number of carbonyl (C=O) groups is 4. The molecule has 0 spiro atoms. The number of aromatic nitrogens is 4. The fraction of sp³-hybridized carbons (Fsp3) is 0.200. The Balaban J connectivity index is 1.52. The number of nitrogens with two attached hydrogens (primary N) is 1. The van der Waals surface area contributed by atoms with E-state index in [1.807, 2.05) is 0 Å². The van der Waals surface area contributed by atoms with Gasteiger partial charge in [0.15, 0.2) is 16.9 Å². The van der Waals surface area contributed by atoms with Gasteiger partial charge in [-0.15, -0.1) is 0 Å². The molecule has 0 fully saturated rings. The first-order chi connectivity index (χ1) is 16.1. The summed E-state index contributed by atoms with van der Waals surface area (Å²) >= 11 is 0. The average molecular weight is 467 g/mol. The second-order valence-corrected chi connectivity index (χ2v) is 7.38. The number of carboxylic acids is 2. The molecule has 3 heterocycles. The van der Waals surface area contributed by atoms with E-state index in [0.717, 1.165) is 0 Å². The largest absolute Gasteiger partial charge is 0.481 e. The minimum absolute atomic E-state index is 0.0227. The highest BCUT2D eigenvalue weighted by atomic mass is 16.4. The molecule has 4 rings (SSSR count). The van der Waals surface area contributed by atoms with Crippen molar-refractivity contribution in [2.75, 3.05) is 10.6 Å². The van der Waals surface area contributed by atoms with E-state index in [9.17, 15) is 29.1 Å². The van der Waals surface area contributed by atoms with Gasteiger partial charge in [-0.25, -0.2) is 14.8 Å². The van der Waals surface area contributed by atoms with Crippen molar-refractivity contribution in [2.24, 2.45) is 0 Å². The Morgan fingerprint density at radius 3 is 2.47 bits per heavy atom. The number of fused-ring (bicyclic) bond motifs is 2. The maximum atomic E-state index is 12.9. The lowest BCUT2D eigenvalue weighted by Gasteiger charge is -2.16. The van der Waals surface area contributed by atoms with Gasteiger partial charge in [-0.05, 0) is 30.7 Å². The van der Waals surface area contributed by atoms with Gasteiger partial charge in [0.1, 0.15) is 6.04 Å². The molecule has 1 aliphatic heterocycles. The molecule has 2 aromatic heterocycles. The minimum atomic E-state index is -1.37. The average Bonchev–Trinajstić information content (AvgIpc) is 3.10. The van der Waals surface area contributed by atoms with E-state index in [1.165, 1.54) is 29.2 Å². The Morgan fingerprint density at radius 1 is 1.12 bits per heavy atom. The SMILES string of the molecule is Nc1nc2nc3c(nc2c(=O)[nH]1)CN(c1ccc(C(=O)N[C@H](CCC(=O)O)C(=O)O)cc1)C3=O. The molecule has 1 atom stereocenters. The molecule has 3 aromatic rings. The number of benzene rings is 1. The smallest absolute Gasteiger partial charge is 0.326 e. The number of hydrogen-bond acceptors (Lipinski definition) is 9. The van der Waals surface area contributed by atoms with Gasteiger partial charge in [-0.1, -0.05) is 0 Å². The molecule has 0 saturated heterocycles. The zero-order chi connectivity index (χ0) is 24.6. The fourth-order valence-corrected chi connectivity index (χ4v) is 3.41. The molecule has 14 nitrogen and oxygen atoms in total. The monoisotopic (exact) mass is 467 g/mol. The second-order valence-electron chi connectivity index (χ2n) is 7.38. The molecule has 2 amide bonds.